The van der Waals surface area contributed by atoms with Crippen LogP contribution in [0.15, 0.2) is 42.5 Å². The van der Waals surface area contributed by atoms with Gasteiger partial charge in [-0.3, -0.25) is 14.5 Å². The fourth-order valence-electron chi connectivity index (χ4n) is 3.27. The number of fused-ring (bicyclic) bond motifs is 1. The Morgan fingerprint density at radius 3 is 2.74 bits per heavy atom. The first-order chi connectivity index (χ1) is 12.8. The van der Waals surface area contributed by atoms with Gasteiger partial charge in [0.15, 0.2) is 0 Å². The molecule has 0 spiro atoms. The molecule has 0 bridgehead atoms. The summed E-state index contributed by atoms with van der Waals surface area (Å²) in [7, 11) is 1.86. The molecule has 0 radical (unpaired) electrons. The lowest BCUT2D eigenvalue weighted by Gasteiger charge is -2.29. The van der Waals surface area contributed by atoms with E-state index in [1.54, 1.807) is 17.0 Å². The minimum Gasteiger partial charge on any atom is -0.324 e. The van der Waals surface area contributed by atoms with Gasteiger partial charge in [0.05, 0.1) is 17.9 Å². The number of carbonyl (C=O) groups is 2. The van der Waals surface area contributed by atoms with Crippen molar-refractivity contribution in [2.75, 3.05) is 23.8 Å². The van der Waals surface area contributed by atoms with E-state index in [-0.39, 0.29) is 30.8 Å². The zero-order valence-corrected chi connectivity index (χ0v) is 16.7. The summed E-state index contributed by atoms with van der Waals surface area (Å²) in [4.78, 5) is 28.7. The second-order valence-electron chi connectivity index (χ2n) is 6.79. The number of likely N-dealkylation sites (N-methyl/N-ethyl adjacent to an activating group) is 1. The molecule has 0 saturated heterocycles. The van der Waals surface area contributed by atoms with Gasteiger partial charge in [0.25, 0.3) is 0 Å². The maximum Gasteiger partial charge on any atom is 0.241 e. The molecule has 142 valence electrons. The molecular formula is C20H21Cl2N3O2. The molecule has 1 N–H and O–H groups in total. The van der Waals surface area contributed by atoms with Crippen molar-refractivity contribution < 1.29 is 9.59 Å². The topological polar surface area (TPSA) is 52.7 Å². The van der Waals surface area contributed by atoms with Crippen molar-refractivity contribution in [3.8, 4) is 0 Å². The summed E-state index contributed by atoms with van der Waals surface area (Å²) in [6.07, 6.45) is 0.257. The Balaban J connectivity index is 1.77. The number of rotatable bonds is 4. The van der Waals surface area contributed by atoms with Crippen LogP contribution in [0.3, 0.4) is 0 Å². The van der Waals surface area contributed by atoms with Crippen LogP contribution in [-0.2, 0) is 16.1 Å². The third-order valence-corrected chi connectivity index (χ3v) is 5.08. The Bertz CT molecular complexity index is 872. The van der Waals surface area contributed by atoms with Crippen LogP contribution < -0.4 is 10.2 Å². The molecule has 0 aliphatic carbocycles. The van der Waals surface area contributed by atoms with Crippen molar-refractivity contribution >= 4 is 46.4 Å². The monoisotopic (exact) mass is 405 g/mol. The van der Waals surface area contributed by atoms with Crippen LogP contribution in [0.2, 0.25) is 10.0 Å². The Kier molecular flexibility index (Phi) is 6.05. The highest BCUT2D eigenvalue weighted by atomic mass is 35.5. The summed E-state index contributed by atoms with van der Waals surface area (Å²) >= 11 is 12.2. The predicted molar refractivity (Wildman–Crippen MR) is 109 cm³/mol. The van der Waals surface area contributed by atoms with E-state index in [0.717, 1.165) is 11.3 Å². The lowest BCUT2D eigenvalue weighted by atomic mass is 10.1. The molecule has 5 nitrogen and oxygen atoms in total. The molecule has 1 atom stereocenters. The normalized spacial score (nSPS) is 16.7. The maximum absolute atomic E-state index is 13.1. The van der Waals surface area contributed by atoms with Crippen LogP contribution >= 0.6 is 23.2 Å². The number of carbonyl (C=O) groups excluding carboxylic acids is 2. The van der Waals surface area contributed by atoms with Crippen molar-refractivity contribution in [1.82, 2.24) is 4.90 Å². The highest BCUT2D eigenvalue weighted by Crippen LogP contribution is 2.31. The number of nitrogens with one attached hydrogen (secondary N) is 1. The number of hydrogen-bond acceptors (Lipinski definition) is 3. The van der Waals surface area contributed by atoms with Gasteiger partial charge < -0.3 is 10.2 Å². The maximum atomic E-state index is 13.1. The van der Waals surface area contributed by atoms with Crippen LogP contribution in [-0.4, -0.2) is 36.3 Å². The fourth-order valence-corrected chi connectivity index (χ4v) is 3.74. The summed E-state index contributed by atoms with van der Waals surface area (Å²) in [5.41, 5.74) is 2.28. The van der Waals surface area contributed by atoms with E-state index in [1.807, 2.05) is 49.2 Å². The molecule has 1 heterocycles. The molecule has 1 aliphatic rings. The zero-order valence-electron chi connectivity index (χ0n) is 15.2. The van der Waals surface area contributed by atoms with Crippen LogP contribution in [0.4, 0.5) is 11.4 Å². The Morgan fingerprint density at radius 1 is 1.26 bits per heavy atom. The van der Waals surface area contributed by atoms with E-state index in [4.69, 9.17) is 23.2 Å². The second-order valence-corrected chi connectivity index (χ2v) is 7.63. The van der Waals surface area contributed by atoms with Crippen molar-refractivity contribution in [2.24, 2.45) is 0 Å². The fraction of sp³-hybridized carbons (Fsp3) is 0.300. The van der Waals surface area contributed by atoms with E-state index in [0.29, 0.717) is 22.3 Å². The molecule has 3 rings (SSSR count). The number of amides is 2. The molecule has 2 amide bonds. The third-order valence-electron chi connectivity index (χ3n) is 4.49. The quantitative estimate of drug-likeness (QED) is 0.829. The summed E-state index contributed by atoms with van der Waals surface area (Å²) in [6.45, 7) is 2.60. The number of para-hydroxylation sites is 2. The minimum atomic E-state index is -0.228. The second kappa shape index (κ2) is 8.30. The number of hydrogen-bond donors (Lipinski definition) is 1. The van der Waals surface area contributed by atoms with Gasteiger partial charge in [-0.25, -0.2) is 0 Å². The highest BCUT2D eigenvalue weighted by Gasteiger charge is 2.29. The van der Waals surface area contributed by atoms with Gasteiger partial charge in [-0.05, 0) is 43.8 Å². The van der Waals surface area contributed by atoms with Crippen molar-refractivity contribution in [3.63, 3.8) is 0 Å². The number of halogens is 2. The van der Waals surface area contributed by atoms with Gasteiger partial charge in [-0.2, -0.15) is 0 Å². The van der Waals surface area contributed by atoms with E-state index in [2.05, 4.69) is 5.32 Å². The Hall–Kier alpha value is -2.08. The lowest BCUT2D eigenvalue weighted by molar-refractivity contribution is -0.120. The first-order valence-corrected chi connectivity index (χ1v) is 9.44. The average Bonchev–Trinajstić information content (AvgIpc) is 2.71. The number of benzene rings is 2. The van der Waals surface area contributed by atoms with E-state index in [9.17, 15) is 9.59 Å². The molecule has 2 aromatic rings. The molecule has 2 aromatic carbocycles. The van der Waals surface area contributed by atoms with Crippen molar-refractivity contribution in [1.29, 1.82) is 0 Å². The van der Waals surface area contributed by atoms with Crippen LogP contribution in [0.25, 0.3) is 0 Å². The molecular weight excluding hydrogens is 385 g/mol. The van der Waals surface area contributed by atoms with Crippen molar-refractivity contribution in [2.45, 2.75) is 25.9 Å². The number of anilines is 2. The summed E-state index contributed by atoms with van der Waals surface area (Å²) in [6, 6.07) is 12.5. The predicted octanol–water partition coefficient (Wildman–Crippen LogP) is 4.19. The molecule has 0 aromatic heterocycles. The standard InChI is InChI=1S/C20H21Cl2N3O2/c1-13-9-19(26)23-17-5-3-4-6-18(17)25(13)20(27)12-24(2)11-14-7-8-15(21)10-16(14)22/h3-8,10,13H,9,11-12H2,1-2H3,(H,23,26). The molecule has 1 aliphatic heterocycles. The first-order valence-electron chi connectivity index (χ1n) is 8.68. The van der Waals surface area contributed by atoms with Crippen LogP contribution in [0.5, 0.6) is 0 Å². The number of nitrogens with zero attached hydrogens (tertiary/aromatic N) is 2. The first kappa shape index (κ1) is 19.7. The van der Waals surface area contributed by atoms with Crippen LogP contribution in [0, 0.1) is 0 Å². The molecule has 27 heavy (non-hydrogen) atoms. The van der Waals surface area contributed by atoms with Gasteiger partial charge in [0.1, 0.15) is 0 Å². The van der Waals surface area contributed by atoms with Gasteiger partial charge in [0, 0.05) is 29.1 Å². The summed E-state index contributed by atoms with van der Waals surface area (Å²) in [5, 5.41) is 4.02. The third kappa shape index (κ3) is 4.61. The largest absolute Gasteiger partial charge is 0.324 e. The Labute approximate surface area is 168 Å². The minimum absolute atomic E-state index is 0.0703. The average molecular weight is 406 g/mol. The smallest absolute Gasteiger partial charge is 0.241 e. The molecule has 0 fully saturated rings. The van der Waals surface area contributed by atoms with E-state index in [1.165, 1.54) is 0 Å². The Morgan fingerprint density at radius 2 is 2.00 bits per heavy atom. The van der Waals surface area contributed by atoms with Crippen LogP contribution in [0.1, 0.15) is 18.9 Å². The van der Waals surface area contributed by atoms with Gasteiger partial charge >= 0.3 is 0 Å². The molecule has 1 unspecified atom stereocenters. The summed E-state index contributed by atoms with van der Waals surface area (Å²) in [5.74, 6) is -0.161. The van der Waals surface area contributed by atoms with Gasteiger partial charge in [0.2, 0.25) is 11.8 Å². The van der Waals surface area contributed by atoms with Crippen molar-refractivity contribution in [3.05, 3.63) is 58.1 Å². The molecule has 0 saturated carbocycles. The zero-order chi connectivity index (χ0) is 19.6. The van der Waals surface area contributed by atoms with Gasteiger partial charge in [-0.15, -0.1) is 0 Å². The van der Waals surface area contributed by atoms with E-state index >= 15 is 0 Å². The SMILES string of the molecule is CC1CC(=O)Nc2ccccc2N1C(=O)CN(C)Cc1ccc(Cl)cc1Cl. The van der Waals surface area contributed by atoms with Gasteiger partial charge in [-0.1, -0.05) is 41.4 Å². The van der Waals surface area contributed by atoms with E-state index < -0.39 is 0 Å². The summed E-state index contributed by atoms with van der Waals surface area (Å²) < 4.78 is 0. The lowest BCUT2D eigenvalue weighted by Crippen LogP contribution is -2.44. The highest BCUT2D eigenvalue weighted by molar-refractivity contribution is 6.35. The molecule has 7 heteroatoms.